The number of ether oxygens (including phenoxy) is 1. The number of hydrogen-bond donors (Lipinski definition) is 0. The second-order valence-corrected chi connectivity index (χ2v) is 5.90. The monoisotopic (exact) mass is 281 g/mol. The van der Waals surface area contributed by atoms with Gasteiger partial charge in [-0.2, -0.15) is 0 Å². The molecule has 0 bridgehead atoms. The van der Waals surface area contributed by atoms with Crippen LogP contribution >= 0.6 is 0 Å². The maximum atomic E-state index is 13.2. The number of rotatable bonds is 4. The molecule has 20 heavy (non-hydrogen) atoms. The molecule has 0 spiro atoms. The van der Waals surface area contributed by atoms with Gasteiger partial charge in [0.2, 0.25) is 0 Å². The van der Waals surface area contributed by atoms with Gasteiger partial charge in [0.1, 0.15) is 0 Å². The summed E-state index contributed by atoms with van der Waals surface area (Å²) in [7, 11) is 0. The standard InChI is InChI=1S/C16H21F2NO/c17-14-5-4-12(10-15(14)18)6-7-19-8-9-20-16(11-19)13-2-1-3-13/h4-5,10,13,16H,1-3,6-9,11H2. The Balaban J connectivity index is 1.50. The number of hydrogen-bond acceptors (Lipinski definition) is 2. The maximum absolute atomic E-state index is 13.2. The summed E-state index contributed by atoms with van der Waals surface area (Å²) in [6.45, 7) is 3.60. The molecule has 1 unspecified atom stereocenters. The van der Waals surface area contributed by atoms with E-state index in [0.717, 1.165) is 44.1 Å². The van der Waals surface area contributed by atoms with E-state index < -0.39 is 11.6 Å². The molecule has 1 saturated carbocycles. The van der Waals surface area contributed by atoms with Crippen molar-refractivity contribution >= 4 is 0 Å². The van der Waals surface area contributed by atoms with Crippen LogP contribution in [0.5, 0.6) is 0 Å². The van der Waals surface area contributed by atoms with Gasteiger partial charge in [0.15, 0.2) is 11.6 Å². The van der Waals surface area contributed by atoms with Gasteiger partial charge in [0, 0.05) is 19.6 Å². The Morgan fingerprint density at radius 3 is 2.75 bits per heavy atom. The molecule has 2 fully saturated rings. The van der Waals surface area contributed by atoms with Crippen LogP contribution in [-0.2, 0) is 11.2 Å². The Hall–Kier alpha value is -1.00. The second kappa shape index (κ2) is 6.19. The summed E-state index contributed by atoms with van der Waals surface area (Å²) < 4.78 is 31.9. The van der Waals surface area contributed by atoms with Gasteiger partial charge in [-0.05, 0) is 42.9 Å². The van der Waals surface area contributed by atoms with E-state index in [0.29, 0.717) is 6.10 Å². The molecule has 1 heterocycles. The molecule has 0 N–H and O–H groups in total. The molecule has 4 heteroatoms. The first-order valence-electron chi connectivity index (χ1n) is 7.50. The summed E-state index contributed by atoms with van der Waals surface area (Å²) in [4.78, 5) is 2.38. The van der Waals surface area contributed by atoms with Crippen LogP contribution in [0.25, 0.3) is 0 Å². The molecular weight excluding hydrogens is 260 g/mol. The van der Waals surface area contributed by atoms with Crippen molar-refractivity contribution in [2.45, 2.75) is 31.8 Å². The van der Waals surface area contributed by atoms with Crippen molar-refractivity contribution in [1.29, 1.82) is 0 Å². The van der Waals surface area contributed by atoms with Crippen molar-refractivity contribution in [3.63, 3.8) is 0 Å². The molecule has 1 saturated heterocycles. The minimum atomic E-state index is -0.773. The normalized spacial score (nSPS) is 24.6. The fraction of sp³-hybridized carbons (Fsp3) is 0.625. The number of halogens is 2. The van der Waals surface area contributed by atoms with Crippen molar-refractivity contribution < 1.29 is 13.5 Å². The average molecular weight is 281 g/mol. The zero-order valence-corrected chi connectivity index (χ0v) is 11.7. The molecule has 2 aliphatic rings. The Kier molecular flexibility index (Phi) is 4.32. The van der Waals surface area contributed by atoms with Crippen LogP contribution in [0, 0.1) is 17.6 Å². The van der Waals surface area contributed by atoms with Crippen LogP contribution < -0.4 is 0 Å². The highest BCUT2D eigenvalue weighted by Crippen LogP contribution is 2.32. The SMILES string of the molecule is Fc1ccc(CCN2CCOC(C3CCC3)C2)cc1F. The third-order valence-corrected chi connectivity index (χ3v) is 4.55. The Bertz CT molecular complexity index is 462. The maximum Gasteiger partial charge on any atom is 0.159 e. The molecule has 1 aromatic rings. The quantitative estimate of drug-likeness (QED) is 0.841. The first kappa shape index (κ1) is 14.0. The minimum absolute atomic E-state index is 0.377. The van der Waals surface area contributed by atoms with E-state index in [1.165, 1.54) is 31.4 Å². The highest BCUT2D eigenvalue weighted by molar-refractivity contribution is 5.18. The summed E-state index contributed by atoms with van der Waals surface area (Å²) in [6, 6.07) is 4.18. The smallest absolute Gasteiger partial charge is 0.159 e. The Morgan fingerprint density at radius 1 is 1.20 bits per heavy atom. The summed E-state index contributed by atoms with van der Waals surface area (Å²) in [6.07, 6.45) is 5.06. The number of benzene rings is 1. The summed E-state index contributed by atoms with van der Waals surface area (Å²) in [5.74, 6) is -0.789. The molecule has 1 atom stereocenters. The van der Waals surface area contributed by atoms with Crippen LogP contribution in [-0.4, -0.2) is 37.2 Å². The number of nitrogens with zero attached hydrogens (tertiary/aromatic N) is 1. The van der Waals surface area contributed by atoms with Crippen LogP contribution in [0.1, 0.15) is 24.8 Å². The van der Waals surface area contributed by atoms with E-state index in [2.05, 4.69) is 4.90 Å². The molecular formula is C16H21F2NO. The van der Waals surface area contributed by atoms with Crippen molar-refractivity contribution in [2.75, 3.05) is 26.2 Å². The van der Waals surface area contributed by atoms with Gasteiger partial charge in [-0.3, -0.25) is 4.90 Å². The van der Waals surface area contributed by atoms with E-state index in [1.54, 1.807) is 6.07 Å². The lowest BCUT2D eigenvalue weighted by Crippen LogP contribution is -2.47. The highest BCUT2D eigenvalue weighted by Gasteiger charge is 2.31. The number of morpholine rings is 1. The lowest BCUT2D eigenvalue weighted by Gasteiger charge is -2.40. The van der Waals surface area contributed by atoms with Crippen molar-refractivity contribution in [3.8, 4) is 0 Å². The fourth-order valence-electron chi connectivity index (χ4n) is 3.01. The third-order valence-electron chi connectivity index (χ3n) is 4.55. The van der Waals surface area contributed by atoms with Gasteiger partial charge < -0.3 is 4.74 Å². The second-order valence-electron chi connectivity index (χ2n) is 5.90. The minimum Gasteiger partial charge on any atom is -0.375 e. The van der Waals surface area contributed by atoms with E-state index in [1.807, 2.05) is 0 Å². The van der Waals surface area contributed by atoms with Gasteiger partial charge in [-0.25, -0.2) is 8.78 Å². The summed E-state index contributed by atoms with van der Waals surface area (Å²) in [5, 5.41) is 0. The molecule has 1 aliphatic carbocycles. The largest absolute Gasteiger partial charge is 0.375 e. The van der Waals surface area contributed by atoms with Crippen molar-refractivity contribution in [3.05, 3.63) is 35.4 Å². The predicted molar refractivity (Wildman–Crippen MR) is 73.6 cm³/mol. The average Bonchev–Trinajstić information content (AvgIpc) is 2.39. The zero-order chi connectivity index (χ0) is 13.9. The van der Waals surface area contributed by atoms with E-state index in [-0.39, 0.29) is 0 Å². The van der Waals surface area contributed by atoms with E-state index in [4.69, 9.17) is 4.74 Å². The molecule has 0 aromatic heterocycles. The lowest BCUT2D eigenvalue weighted by atomic mass is 9.80. The first-order chi connectivity index (χ1) is 9.72. The molecule has 110 valence electrons. The molecule has 0 radical (unpaired) electrons. The van der Waals surface area contributed by atoms with Crippen molar-refractivity contribution in [2.24, 2.45) is 5.92 Å². The summed E-state index contributed by atoms with van der Waals surface area (Å²) in [5.41, 5.74) is 0.857. The van der Waals surface area contributed by atoms with Crippen LogP contribution in [0.2, 0.25) is 0 Å². The van der Waals surface area contributed by atoms with Crippen LogP contribution in [0.4, 0.5) is 8.78 Å². The Morgan fingerprint density at radius 2 is 2.05 bits per heavy atom. The lowest BCUT2D eigenvalue weighted by molar-refractivity contribution is -0.0740. The fourth-order valence-corrected chi connectivity index (χ4v) is 3.01. The predicted octanol–water partition coefficient (Wildman–Crippen LogP) is 3.01. The highest BCUT2D eigenvalue weighted by atomic mass is 19.2. The zero-order valence-electron chi connectivity index (χ0n) is 11.7. The van der Waals surface area contributed by atoms with E-state index in [9.17, 15) is 8.78 Å². The summed E-state index contributed by atoms with van der Waals surface area (Å²) >= 11 is 0. The topological polar surface area (TPSA) is 12.5 Å². The van der Waals surface area contributed by atoms with Gasteiger partial charge in [-0.15, -0.1) is 0 Å². The van der Waals surface area contributed by atoms with E-state index >= 15 is 0 Å². The van der Waals surface area contributed by atoms with Crippen LogP contribution in [0.3, 0.4) is 0 Å². The Labute approximate surface area is 118 Å². The van der Waals surface area contributed by atoms with Crippen molar-refractivity contribution in [1.82, 2.24) is 4.90 Å². The molecule has 2 nitrogen and oxygen atoms in total. The molecule has 0 amide bonds. The first-order valence-corrected chi connectivity index (χ1v) is 7.50. The van der Waals surface area contributed by atoms with Crippen LogP contribution in [0.15, 0.2) is 18.2 Å². The molecule has 1 aliphatic heterocycles. The molecule has 1 aromatic carbocycles. The van der Waals surface area contributed by atoms with Gasteiger partial charge in [0.05, 0.1) is 12.7 Å². The van der Waals surface area contributed by atoms with Gasteiger partial charge in [-0.1, -0.05) is 12.5 Å². The third kappa shape index (κ3) is 3.18. The van der Waals surface area contributed by atoms with Gasteiger partial charge in [0.25, 0.3) is 0 Å². The molecule has 3 rings (SSSR count). The van der Waals surface area contributed by atoms with Gasteiger partial charge >= 0.3 is 0 Å².